The van der Waals surface area contributed by atoms with Crippen molar-refractivity contribution in [2.45, 2.75) is 11.8 Å². The summed E-state index contributed by atoms with van der Waals surface area (Å²) in [6, 6.07) is 3.63. The zero-order valence-corrected chi connectivity index (χ0v) is 10.0. The number of halogens is 1. The summed E-state index contributed by atoms with van der Waals surface area (Å²) in [6.07, 6.45) is 0. The van der Waals surface area contributed by atoms with Crippen molar-refractivity contribution < 1.29 is 19.1 Å². The predicted molar refractivity (Wildman–Crippen MR) is 62.8 cm³/mol. The normalized spacial score (nSPS) is 10.0. The Labute approximate surface area is 102 Å². The molecule has 0 saturated heterocycles. The second-order valence-electron chi connectivity index (χ2n) is 3.28. The highest BCUT2D eigenvalue weighted by atomic mass is 32.2. The molecule has 0 heterocycles. The number of carbonyl (C=O) groups is 2. The topological polar surface area (TPSA) is 66.4 Å². The van der Waals surface area contributed by atoms with E-state index in [2.05, 4.69) is 5.32 Å². The van der Waals surface area contributed by atoms with Gasteiger partial charge >= 0.3 is 5.97 Å². The van der Waals surface area contributed by atoms with Crippen LogP contribution < -0.4 is 5.32 Å². The first-order valence-corrected chi connectivity index (χ1v) is 5.89. The van der Waals surface area contributed by atoms with Gasteiger partial charge in [-0.3, -0.25) is 4.79 Å². The van der Waals surface area contributed by atoms with Gasteiger partial charge in [0.2, 0.25) is 5.91 Å². The largest absolute Gasteiger partial charge is 0.478 e. The molecule has 0 saturated carbocycles. The van der Waals surface area contributed by atoms with E-state index in [0.29, 0.717) is 12.3 Å². The van der Waals surface area contributed by atoms with Gasteiger partial charge in [0, 0.05) is 24.1 Å². The third-order valence-electron chi connectivity index (χ3n) is 1.91. The quantitative estimate of drug-likeness (QED) is 0.623. The Morgan fingerprint density at radius 2 is 2.18 bits per heavy atom. The van der Waals surface area contributed by atoms with Crippen molar-refractivity contribution in [1.82, 2.24) is 5.32 Å². The molecule has 92 valence electrons. The fourth-order valence-electron chi connectivity index (χ4n) is 1.14. The zero-order chi connectivity index (χ0) is 12.8. The number of amides is 1. The summed E-state index contributed by atoms with van der Waals surface area (Å²) in [4.78, 5) is 21.6. The van der Waals surface area contributed by atoms with Crippen LogP contribution in [0.5, 0.6) is 0 Å². The molecule has 1 amide bonds. The molecule has 6 heteroatoms. The number of thioether (sulfide) groups is 1. The molecule has 17 heavy (non-hydrogen) atoms. The van der Waals surface area contributed by atoms with Crippen molar-refractivity contribution >= 4 is 23.6 Å². The molecule has 0 bridgehead atoms. The number of aromatic carboxylic acids is 1. The van der Waals surface area contributed by atoms with Crippen molar-refractivity contribution in [2.24, 2.45) is 0 Å². The lowest BCUT2D eigenvalue weighted by atomic mass is 10.2. The summed E-state index contributed by atoms with van der Waals surface area (Å²) in [7, 11) is 0. The first-order chi connectivity index (χ1) is 8.00. The van der Waals surface area contributed by atoms with E-state index in [4.69, 9.17) is 5.11 Å². The van der Waals surface area contributed by atoms with Crippen LogP contribution in [-0.2, 0) is 4.79 Å². The number of carboxylic acids is 1. The third kappa shape index (κ3) is 4.44. The standard InChI is InChI=1S/C11H12FNO3S/c1-7(14)13-4-5-17-10-6-8(11(15)16)2-3-9(10)12/h2-3,6H,4-5H2,1H3,(H,13,14)(H,15,16). The van der Waals surface area contributed by atoms with Gasteiger partial charge in [0.25, 0.3) is 0 Å². The molecule has 0 aliphatic carbocycles. The van der Waals surface area contributed by atoms with Crippen LogP contribution in [-0.4, -0.2) is 29.3 Å². The van der Waals surface area contributed by atoms with E-state index >= 15 is 0 Å². The maximum atomic E-state index is 13.3. The van der Waals surface area contributed by atoms with Crippen LogP contribution in [0.2, 0.25) is 0 Å². The van der Waals surface area contributed by atoms with E-state index in [-0.39, 0.29) is 16.4 Å². The lowest BCUT2D eigenvalue weighted by Gasteiger charge is -2.05. The summed E-state index contributed by atoms with van der Waals surface area (Å²) < 4.78 is 13.3. The van der Waals surface area contributed by atoms with E-state index in [0.717, 1.165) is 6.07 Å². The summed E-state index contributed by atoms with van der Waals surface area (Å²) in [5.74, 6) is -1.21. The van der Waals surface area contributed by atoms with Crippen LogP contribution in [0.25, 0.3) is 0 Å². The molecule has 4 nitrogen and oxygen atoms in total. The Balaban J connectivity index is 2.60. The second-order valence-corrected chi connectivity index (χ2v) is 4.42. The first-order valence-electron chi connectivity index (χ1n) is 4.91. The van der Waals surface area contributed by atoms with Crippen molar-refractivity contribution in [1.29, 1.82) is 0 Å². The average Bonchev–Trinajstić information content (AvgIpc) is 2.25. The Hall–Kier alpha value is -1.56. The van der Waals surface area contributed by atoms with E-state index in [1.165, 1.54) is 30.8 Å². The maximum absolute atomic E-state index is 13.3. The van der Waals surface area contributed by atoms with Crippen LogP contribution in [0.1, 0.15) is 17.3 Å². The Morgan fingerprint density at radius 1 is 1.47 bits per heavy atom. The van der Waals surface area contributed by atoms with E-state index in [1.807, 2.05) is 0 Å². The van der Waals surface area contributed by atoms with E-state index in [9.17, 15) is 14.0 Å². The fourth-order valence-corrected chi connectivity index (χ4v) is 1.98. The molecule has 1 aromatic carbocycles. The Kier molecular flexibility index (Phi) is 4.96. The maximum Gasteiger partial charge on any atom is 0.335 e. The SMILES string of the molecule is CC(=O)NCCSc1cc(C(=O)O)ccc1F. The summed E-state index contributed by atoms with van der Waals surface area (Å²) in [6.45, 7) is 1.81. The molecule has 0 atom stereocenters. The molecular weight excluding hydrogens is 245 g/mol. The molecule has 0 unspecified atom stereocenters. The molecule has 0 fully saturated rings. The molecule has 1 aromatic rings. The van der Waals surface area contributed by atoms with Gasteiger partial charge in [-0.2, -0.15) is 0 Å². The number of rotatable bonds is 5. The van der Waals surface area contributed by atoms with Gasteiger partial charge in [-0.25, -0.2) is 9.18 Å². The number of carbonyl (C=O) groups excluding carboxylic acids is 1. The highest BCUT2D eigenvalue weighted by molar-refractivity contribution is 7.99. The number of benzene rings is 1. The smallest absolute Gasteiger partial charge is 0.335 e. The van der Waals surface area contributed by atoms with Crippen molar-refractivity contribution in [3.8, 4) is 0 Å². The van der Waals surface area contributed by atoms with E-state index < -0.39 is 11.8 Å². The Morgan fingerprint density at radius 3 is 2.76 bits per heavy atom. The van der Waals surface area contributed by atoms with E-state index in [1.54, 1.807) is 0 Å². The average molecular weight is 257 g/mol. The predicted octanol–water partition coefficient (Wildman–Crippen LogP) is 1.75. The summed E-state index contributed by atoms with van der Waals surface area (Å²) >= 11 is 1.17. The number of hydrogen-bond donors (Lipinski definition) is 2. The number of carboxylic acid groups (broad SMARTS) is 1. The highest BCUT2D eigenvalue weighted by Gasteiger charge is 2.08. The minimum absolute atomic E-state index is 0.0495. The molecule has 0 radical (unpaired) electrons. The molecule has 0 aromatic heterocycles. The highest BCUT2D eigenvalue weighted by Crippen LogP contribution is 2.22. The number of nitrogens with one attached hydrogen (secondary N) is 1. The first kappa shape index (κ1) is 13.5. The van der Waals surface area contributed by atoms with Crippen molar-refractivity contribution in [2.75, 3.05) is 12.3 Å². The molecule has 1 rings (SSSR count). The van der Waals surface area contributed by atoms with Gasteiger partial charge < -0.3 is 10.4 Å². The monoisotopic (exact) mass is 257 g/mol. The van der Waals surface area contributed by atoms with Gasteiger partial charge in [-0.1, -0.05) is 0 Å². The lowest BCUT2D eigenvalue weighted by molar-refractivity contribution is -0.118. The molecule has 2 N–H and O–H groups in total. The molecular formula is C11H12FNO3S. The number of hydrogen-bond acceptors (Lipinski definition) is 3. The Bertz CT molecular complexity index is 437. The van der Waals surface area contributed by atoms with Crippen LogP contribution in [0, 0.1) is 5.82 Å². The summed E-state index contributed by atoms with van der Waals surface area (Å²) in [5, 5.41) is 11.3. The van der Waals surface area contributed by atoms with Gasteiger partial charge in [0.05, 0.1) is 5.56 Å². The van der Waals surface area contributed by atoms with Crippen molar-refractivity contribution in [3.63, 3.8) is 0 Å². The lowest BCUT2D eigenvalue weighted by Crippen LogP contribution is -2.22. The molecule has 0 aliphatic heterocycles. The van der Waals surface area contributed by atoms with Crippen LogP contribution in [0.15, 0.2) is 23.1 Å². The zero-order valence-electron chi connectivity index (χ0n) is 9.20. The summed E-state index contributed by atoms with van der Waals surface area (Å²) in [5.41, 5.74) is 0.0495. The molecule has 0 spiro atoms. The minimum atomic E-state index is -1.09. The van der Waals surface area contributed by atoms with Crippen LogP contribution >= 0.6 is 11.8 Å². The van der Waals surface area contributed by atoms with Gasteiger partial charge in [-0.15, -0.1) is 11.8 Å². The third-order valence-corrected chi connectivity index (χ3v) is 2.94. The minimum Gasteiger partial charge on any atom is -0.478 e. The van der Waals surface area contributed by atoms with Gasteiger partial charge in [0.15, 0.2) is 0 Å². The van der Waals surface area contributed by atoms with Crippen molar-refractivity contribution in [3.05, 3.63) is 29.6 Å². The second kappa shape index (κ2) is 6.24. The van der Waals surface area contributed by atoms with Crippen LogP contribution in [0.3, 0.4) is 0 Å². The van der Waals surface area contributed by atoms with Gasteiger partial charge in [-0.05, 0) is 18.2 Å². The molecule has 0 aliphatic rings. The van der Waals surface area contributed by atoms with Gasteiger partial charge in [0.1, 0.15) is 5.82 Å². The van der Waals surface area contributed by atoms with Crippen LogP contribution in [0.4, 0.5) is 4.39 Å². The fraction of sp³-hybridized carbons (Fsp3) is 0.273.